The third-order valence-corrected chi connectivity index (χ3v) is 7.15. The second kappa shape index (κ2) is 11.4. The Morgan fingerprint density at radius 1 is 1.11 bits per heavy atom. The van der Waals surface area contributed by atoms with Crippen LogP contribution in [0.2, 0.25) is 0 Å². The fraction of sp³-hybridized carbons (Fsp3) is 0.500. The molecule has 4 rings (SSSR count). The number of rotatable bonds is 9. The van der Waals surface area contributed by atoms with Crippen LogP contribution in [0.15, 0.2) is 33.9 Å². The normalized spacial score (nSPS) is 15.1. The van der Waals surface area contributed by atoms with Crippen molar-refractivity contribution in [1.29, 1.82) is 0 Å². The van der Waals surface area contributed by atoms with E-state index in [9.17, 15) is 0 Å². The first-order valence-electron chi connectivity index (χ1n) is 13.3. The van der Waals surface area contributed by atoms with Gasteiger partial charge in [0.25, 0.3) is 0 Å². The van der Waals surface area contributed by atoms with Crippen LogP contribution in [0.5, 0.6) is 0 Å². The molecule has 0 aliphatic carbocycles. The lowest BCUT2D eigenvalue weighted by atomic mass is 9.97. The third-order valence-electron chi connectivity index (χ3n) is 7.15. The van der Waals surface area contributed by atoms with Crippen LogP contribution >= 0.6 is 0 Å². The minimum absolute atomic E-state index is 0.305. The van der Waals surface area contributed by atoms with E-state index in [0.29, 0.717) is 5.76 Å². The molecule has 2 aromatic heterocycles. The maximum Gasteiger partial charge on any atom is 0.184 e. The molecule has 3 heterocycles. The number of hydrogen-bond donors (Lipinski definition) is 0. The summed E-state index contributed by atoms with van der Waals surface area (Å²) in [5.74, 6) is 0.680. The third kappa shape index (κ3) is 5.86. The van der Waals surface area contributed by atoms with E-state index in [4.69, 9.17) is 14.3 Å². The molecule has 36 heavy (non-hydrogen) atoms. The Bertz CT molecular complexity index is 1220. The zero-order valence-corrected chi connectivity index (χ0v) is 22.9. The van der Waals surface area contributed by atoms with Gasteiger partial charge in [0.1, 0.15) is 5.69 Å². The molecule has 0 unspecified atom stereocenters. The minimum Gasteiger partial charge on any atom is -0.385 e. The van der Waals surface area contributed by atoms with Gasteiger partial charge in [-0.3, -0.25) is 9.88 Å². The molecule has 1 atom stereocenters. The van der Waals surface area contributed by atoms with E-state index in [1.165, 1.54) is 39.2 Å². The number of fused-ring (bicyclic) bond motifs is 1. The first kappa shape index (κ1) is 26.1. The van der Waals surface area contributed by atoms with Crippen LogP contribution in [0.1, 0.15) is 85.2 Å². The van der Waals surface area contributed by atoms with Crippen LogP contribution in [-0.4, -0.2) is 33.8 Å². The second-order valence-electron chi connectivity index (χ2n) is 10.1. The molecule has 192 valence electrons. The lowest BCUT2D eigenvalue weighted by molar-refractivity contribution is 0.0511. The molecule has 0 N–H and O–H groups in total. The molecule has 0 fully saturated rings. The van der Waals surface area contributed by atoms with E-state index in [-0.39, 0.29) is 6.10 Å². The quantitative estimate of drug-likeness (QED) is 0.248. The van der Waals surface area contributed by atoms with Gasteiger partial charge in [-0.1, -0.05) is 47.9 Å². The van der Waals surface area contributed by atoms with Gasteiger partial charge in [-0.2, -0.15) is 0 Å². The highest BCUT2D eigenvalue weighted by Gasteiger charge is 2.20. The number of nitrogens with zero attached hydrogens (tertiary/aromatic N) is 4. The molecule has 0 radical (unpaired) electrons. The van der Waals surface area contributed by atoms with Gasteiger partial charge in [-0.05, 0) is 69.7 Å². The summed E-state index contributed by atoms with van der Waals surface area (Å²) in [6, 6.07) is 8.69. The summed E-state index contributed by atoms with van der Waals surface area (Å²) in [7, 11) is 0. The van der Waals surface area contributed by atoms with Gasteiger partial charge in [0.15, 0.2) is 11.9 Å². The van der Waals surface area contributed by atoms with Gasteiger partial charge < -0.3 is 9.36 Å². The van der Waals surface area contributed by atoms with Gasteiger partial charge in [0, 0.05) is 55.5 Å². The molecule has 1 aliphatic heterocycles. The Labute approximate surface area is 215 Å². The van der Waals surface area contributed by atoms with Crippen molar-refractivity contribution in [2.24, 2.45) is 5.16 Å². The van der Waals surface area contributed by atoms with E-state index in [0.717, 1.165) is 62.3 Å². The smallest absolute Gasteiger partial charge is 0.184 e. The number of benzene rings is 1. The van der Waals surface area contributed by atoms with Crippen molar-refractivity contribution in [3.63, 3.8) is 0 Å². The molecular formula is C30H40N4O2. The van der Waals surface area contributed by atoms with Gasteiger partial charge in [-0.25, -0.2) is 0 Å². The fourth-order valence-electron chi connectivity index (χ4n) is 5.19. The lowest BCUT2D eigenvalue weighted by Gasteiger charge is -2.29. The average Bonchev–Trinajstić information content (AvgIpc) is 3.34. The number of pyridine rings is 1. The largest absolute Gasteiger partial charge is 0.385 e. The highest BCUT2D eigenvalue weighted by atomic mass is 16.6. The maximum atomic E-state index is 5.80. The van der Waals surface area contributed by atoms with Crippen LogP contribution in [0, 0.1) is 20.8 Å². The number of aromatic nitrogens is 2. The number of aryl methyl sites for hydroxylation is 5. The fourth-order valence-corrected chi connectivity index (χ4v) is 5.19. The molecule has 6 nitrogen and oxygen atoms in total. The first-order chi connectivity index (χ1) is 17.3. The SMILES string of the molecule is CCc1cc2c(nc1CC)CCN(CCC(C)=NO[C@@H](C)c1cc(-c3c(C)cc(C)cc3C)no1)C2. The molecule has 0 spiro atoms. The van der Waals surface area contributed by atoms with Crippen LogP contribution in [-0.2, 0) is 30.6 Å². The van der Waals surface area contributed by atoms with Gasteiger partial charge in [0.05, 0.1) is 5.71 Å². The Morgan fingerprint density at radius 2 is 1.86 bits per heavy atom. The molecule has 3 aromatic rings. The molecule has 1 aliphatic rings. The summed E-state index contributed by atoms with van der Waals surface area (Å²) >= 11 is 0. The molecule has 0 bridgehead atoms. The van der Waals surface area contributed by atoms with Crippen molar-refractivity contribution in [1.82, 2.24) is 15.0 Å². The topological polar surface area (TPSA) is 63.8 Å². The molecule has 0 amide bonds. The summed E-state index contributed by atoms with van der Waals surface area (Å²) < 4.78 is 5.62. The van der Waals surface area contributed by atoms with E-state index in [1.54, 1.807) is 0 Å². The second-order valence-corrected chi connectivity index (χ2v) is 10.1. The monoisotopic (exact) mass is 488 g/mol. The van der Waals surface area contributed by atoms with Crippen LogP contribution in [0.3, 0.4) is 0 Å². The Kier molecular flexibility index (Phi) is 8.24. The molecule has 0 saturated carbocycles. The van der Waals surface area contributed by atoms with Crippen LogP contribution in [0.4, 0.5) is 0 Å². The molecule has 0 saturated heterocycles. The van der Waals surface area contributed by atoms with Crippen molar-refractivity contribution in [2.45, 2.75) is 86.8 Å². The zero-order chi connectivity index (χ0) is 25.8. The molecule has 1 aromatic carbocycles. The molecule has 6 heteroatoms. The highest BCUT2D eigenvalue weighted by molar-refractivity contribution is 5.81. The first-order valence-corrected chi connectivity index (χ1v) is 13.3. The standard InChI is InChI=1S/C30H40N4O2/c1-8-24-16-25-18-34(13-11-27(25)31-26(24)9-2)12-10-22(6)32-35-23(7)29-17-28(33-36-29)30-20(4)14-19(3)15-21(30)5/h14-17,23H,8-13,18H2,1-7H3/t23-/m0/s1. The summed E-state index contributed by atoms with van der Waals surface area (Å²) in [5, 5.41) is 8.71. The van der Waals surface area contributed by atoms with E-state index >= 15 is 0 Å². The Balaban J connectivity index is 1.32. The average molecular weight is 489 g/mol. The van der Waals surface area contributed by atoms with Gasteiger partial charge in [-0.15, -0.1) is 0 Å². The maximum absolute atomic E-state index is 5.80. The van der Waals surface area contributed by atoms with Crippen LogP contribution in [0.25, 0.3) is 11.3 Å². The predicted octanol–water partition coefficient (Wildman–Crippen LogP) is 6.69. The minimum atomic E-state index is -0.305. The van der Waals surface area contributed by atoms with Gasteiger partial charge >= 0.3 is 0 Å². The van der Waals surface area contributed by atoms with Crippen molar-refractivity contribution in [3.05, 3.63) is 69.2 Å². The van der Waals surface area contributed by atoms with Crippen molar-refractivity contribution in [2.75, 3.05) is 13.1 Å². The molecular weight excluding hydrogens is 448 g/mol. The summed E-state index contributed by atoms with van der Waals surface area (Å²) in [6.45, 7) is 17.7. The Morgan fingerprint density at radius 3 is 2.56 bits per heavy atom. The predicted molar refractivity (Wildman–Crippen MR) is 145 cm³/mol. The summed E-state index contributed by atoms with van der Waals surface area (Å²) in [4.78, 5) is 13.2. The Hall–Kier alpha value is -2.99. The summed E-state index contributed by atoms with van der Waals surface area (Å²) in [6.07, 6.45) is 3.63. The van der Waals surface area contributed by atoms with E-state index in [2.05, 4.69) is 68.0 Å². The van der Waals surface area contributed by atoms with E-state index < -0.39 is 0 Å². The van der Waals surface area contributed by atoms with Crippen LogP contribution < -0.4 is 0 Å². The highest BCUT2D eigenvalue weighted by Crippen LogP contribution is 2.30. The zero-order valence-electron chi connectivity index (χ0n) is 22.9. The summed E-state index contributed by atoms with van der Waals surface area (Å²) in [5.41, 5.74) is 11.9. The van der Waals surface area contributed by atoms with Crippen molar-refractivity contribution in [3.8, 4) is 11.3 Å². The number of hydrogen-bond acceptors (Lipinski definition) is 6. The number of oxime groups is 1. The van der Waals surface area contributed by atoms with Gasteiger partial charge in [0.2, 0.25) is 0 Å². The van der Waals surface area contributed by atoms with Crippen molar-refractivity contribution >= 4 is 5.71 Å². The van der Waals surface area contributed by atoms with E-state index in [1.807, 2.05) is 19.9 Å². The lowest BCUT2D eigenvalue weighted by Crippen LogP contribution is -2.33. The van der Waals surface area contributed by atoms with Crippen molar-refractivity contribution < 1.29 is 9.36 Å².